The van der Waals surface area contributed by atoms with Crippen LogP contribution in [0.3, 0.4) is 0 Å². The number of pyridine rings is 1. The van der Waals surface area contributed by atoms with Gasteiger partial charge in [0.25, 0.3) is 0 Å². The normalized spacial score (nSPS) is 18.7. The lowest BCUT2D eigenvalue weighted by Gasteiger charge is -2.30. The van der Waals surface area contributed by atoms with Crippen molar-refractivity contribution < 1.29 is 8.42 Å². The number of nitrogens with two attached hydrogens (primary N) is 1. The first-order chi connectivity index (χ1) is 9.52. The lowest BCUT2D eigenvalue weighted by atomic mass is 9.84. The van der Waals surface area contributed by atoms with Crippen LogP contribution in [-0.4, -0.2) is 32.2 Å². The molecule has 3 N–H and O–H groups in total. The van der Waals surface area contributed by atoms with Crippen LogP contribution < -0.4 is 11.1 Å². The Kier molecular flexibility index (Phi) is 4.99. The van der Waals surface area contributed by atoms with Crippen molar-refractivity contribution >= 4 is 15.7 Å². The van der Waals surface area contributed by atoms with E-state index in [9.17, 15) is 8.42 Å². The molecule has 0 aromatic carbocycles. The van der Waals surface area contributed by atoms with Gasteiger partial charge in [-0.2, -0.15) is 0 Å². The van der Waals surface area contributed by atoms with Gasteiger partial charge in [0.2, 0.25) is 0 Å². The zero-order valence-electron chi connectivity index (χ0n) is 11.9. The van der Waals surface area contributed by atoms with Crippen molar-refractivity contribution in [3.05, 3.63) is 18.3 Å². The fraction of sp³-hybridized carbons (Fsp3) is 0.643. The van der Waals surface area contributed by atoms with Crippen molar-refractivity contribution in [3.63, 3.8) is 0 Å². The first-order valence-electron chi connectivity index (χ1n) is 7.14. The van der Waals surface area contributed by atoms with Gasteiger partial charge in [0, 0.05) is 25.0 Å². The number of hydrogen-bond donors (Lipinski definition) is 2. The number of sulfone groups is 1. The third-order valence-corrected chi connectivity index (χ3v) is 5.09. The van der Waals surface area contributed by atoms with Crippen molar-refractivity contribution in [3.8, 4) is 0 Å². The van der Waals surface area contributed by atoms with E-state index in [0.29, 0.717) is 18.3 Å². The molecule has 1 heterocycles. The third kappa shape index (κ3) is 3.70. The smallest absolute Gasteiger partial charge is 0.179 e. The number of aromatic nitrogens is 1. The molecule has 0 aliphatic heterocycles. The van der Waals surface area contributed by atoms with Crippen molar-refractivity contribution in [2.24, 2.45) is 11.7 Å². The van der Waals surface area contributed by atoms with E-state index in [2.05, 4.69) is 10.3 Å². The Hall–Kier alpha value is -1.14. The van der Waals surface area contributed by atoms with E-state index >= 15 is 0 Å². The number of hydrogen-bond acceptors (Lipinski definition) is 5. The summed E-state index contributed by atoms with van der Waals surface area (Å²) in [7, 11) is -3.28. The summed E-state index contributed by atoms with van der Waals surface area (Å²) in [5.41, 5.74) is 5.87. The summed E-state index contributed by atoms with van der Waals surface area (Å²) in [6.45, 7) is 0.491. The van der Waals surface area contributed by atoms with Crippen LogP contribution in [0.4, 0.5) is 5.82 Å². The standard InChI is InChI=1S/C14H23N3O2S/c1-20(18,19)13-8-5-9-16-14(13)17-12(10-15)11-6-3-2-4-7-11/h5,8-9,11-12H,2-4,6-7,10,15H2,1H3,(H,16,17). The Labute approximate surface area is 120 Å². The minimum Gasteiger partial charge on any atom is -0.365 e. The van der Waals surface area contributed by atoms with Crippen LogP contribution in [0.1, 0.15) is 32.1 Å². The predicted molar refractivity (Wildman–Crippen MR) is 80.4 cm³/mol. The Morgan fingerprint density at radius 2 is 2.10 bits per heavy atom. The van der Waals surface area contributed by atoms with Crippen molar-refractivity contribution in [1.82, 2.24) is 4.98 Å². The molecule has 1 atom stereocenters. The highest BCUT2D eigenvalue weighted by molar-refractivity contribution is 7.90. The summed E-state index contributed by atoms with van der Waals surface area (Å²) >= 11 is 0. The molecule has 0 bridgehead atoms. The number of anilines is 1. The van der Waals surface area contributed by atoms with Crippen LogP contribution >= 0.6 is 0 Å². The molecule has 1 aliphatic rings. The highest BCUT2D eigenvalue weighted by Crippen LogP contribution is 2.28. The average molecular weight is 297 g/mol. The van der Waals surface area contributed by atoms with E-state index in [0.717, 1.165) is 12.8 Å². The minimum atomic E-state index is -3.28. The van der Waals surface area contributed by atoms with Crippen LogP contribution in [0.2, 0.25) is 0 Å². The molecular formula is C14H23N3O2S. The van der Waals surface area contributed by atoms with Gasteiger partial charge in [0.15, 0.2) is 9.84 Å². The van der Waals surface area contributed by atoms with Crippen LogP contribution in [-0.2, 0) is 9.84 Å². The summed E-state index contributed by atoms with van der Waals surface area (Å²) in [5.74, 6) is 0.930. The molecule has 0 radical (unpaired) electrons. The van der Waals surface area contributed by atoms with E-state index in [1.807, 2.05) is 0 Å². The maximum absolute atomic E-state index is 11.8. The molecule has 2 rings (SSSR count). The Morgan fingerprint density at radius 1 is 1.40 bits per heavy atom. The molecule has 0 amide bonds. The van der Waals surface area contributed by atoms with Crippen molar-refractivity contribution in [2.45, 2.75) is 43.0 Å². The minimum absolute atomic E-state index is 0.0886. The van der Waals surface area contributed by atoms with E-state index in [-0.39, 0.29) is 10.9 Å². The van der Waals surface area contributed by atoms with E-state index in [1.165, 1.54) is 25.5 Å². The van der Waals surface area contributed by atoms with Gasteiger partial charge in [-0.15, -0.1) is 0 Å². The second kappa shape index (κ2) is 6.54. The highest BCUT2D eigenvalue weighted by Gasteiger charge is 2.24. The molecule has 6 heteroatoms. The van der Waals surface area contributed by atoms with Gasteiger partial charge < -0.3 is 11.1 Å². The van der Waals surface area contributed by atoms with Gasteiger partial charge >= 0.3 is 0 Å². The molecule has 112 valence electrons. The summed E-state index contributed by atoms with van der Waals surface area (Å²) in [5, 5.41) is 3.26. The topological polar surface area (TPSA) is 85.1 Å². The zero-order valence-corrected chi connectivity index (χ0v) is 12.7. The SMILES string of the molecule is CS(=O)(=O)c1cccnc1NC(CN)C1CCCCC1. The number of nitrogens with one attached hydrogen (secondary N) is 1. The van der Waals surface area contributed by atoms with Gasteiger partial charge in [-0.05, 0) is 30.9 Å². The molecule has 1 saturated carbocycles. The van der Waals surface area contributed by atoms with Gasteiger partial charge in [-0.25, -0.2) is 13.4 Å². The lowest BCUT2D eigenvalue weighted by Crippen LogP contribution is -2.38. The van der Waals surface area contributed by atoms with Crippen LogP contribution in [0.5, 0.6) is 0 Å². The Bertz CT molecular complexity index is 539. The Morgan fingerprint density at radius 3 is 2.70 bits per heavy atom. The van der Waals surface area contributed by atoms with Gasteiger partial charge in [0.05, 0.1) is 0 Å². The predicted octanol–water partition coefficient (Wildman–Crippen LogP) is 1.80. The fourth-order valence-corrected chi connectivity index (χ4v) is 3.67. The molecule has 5 nitrogen and oxygen atoms in total. The largest absolute Gasteiger partial charge is 0.365 e. The van der Waals surface area contributed by atoms with E-state index in [1.54, 1.807) is 18.3 Å². The van der Waals surface area contributed by atoms with E-state index < -0.39 is 9.84 Å². The molecule has 20 heavy (non-hydrogen) atoms. The molecule has 0 saturated heterocycles. The second-order valence-electron chi connectivity index (χ2n) is 5.51. The van der Waals surface area contributed by atoms with E-state index in [4.69, 9.17) is 5.73 Å². The molecule has 1 aliphatic carbocycles. The molecule has 1 aromatic heterocycles. The molecule has 1 fully saturated rings. The summed E-state index contributed by atoms with van der Waals surface area (Å²) < 4.78 is 23.6. The number of nitrogens with zero attached hydrogens (tertiary/aromatic N) is 1. The molecule has 1 unspecified atom stereocenters. The monoisotopic (exact) mass is 297 g/mol. The summed E-state index contributed by atoms with van der Waals surface area (Å²) in [4.78, 5) is 4.43. The summed E-state index contributed by atoms with van der Waals surface area (Å²) in [6.07, 6.45) is 8.84. The summed E-state index contributed by atoms with van der Waals surface area (Å²) in [6, 6.07) is 3.31. The van der Waals surface area contributed by atoms with Crippen LogP contribution in [0.15, 0.2) is 23.2 Å². The first kappa shape index (κ1) is 15.3. The maximum Gasteiger partial charge on any atom is 0.179 e. The van der Waals surface area contributed by atoms with Gasteiger partial charge in [-0.3, -0.25) is 0 Å². The first-order valence-corrected chi connectivity index (χ1v) is 9.03. The number of rotatable bonds is 5. The van der Waals surface area contributed by atoms with Crippen LogP contribution in [0, 0.1) is 5.92 Å². The van der Waals surface area contributed by atoms with Gasteiger partial charge in [0.1, 0.15) is 10.7 Å². The molecule has 1 aromatic rings. The zero-order chi connectivity index (χ0) is 14.6. The highest BCUT2D eigenvalue weighted by atomic mass is 32.2. The molecule has 0 spiro atoms. The maximum atomic E-state index is 11.8. The van der Waals surface area contributed by atoms with Gasteiger partial charge in [-0.1, -0.05) is 19.3 Å². The van der Waals surface area contributed by atoms with Crippen molar-refractivity contribution in [2.75, 3.05) is 18.1 Å². The average Bonchev–Trinajstić information content (AvgIpc) is 2.45. The Balaban J connectivity index is 2.19. The second-order valence-corrected chi connectivity index (χ2v) is 7.49. The third-order valence-electron chi connectivity index (χ3n) is 3.97. The quantitative estimate of drug-likeness (QED) is 0.865. The molecular weight excluding hydrogens is 274 g/mol. The van der Waals surface area contributed by atoms with Crippen molar-refractivity contribution in [1.29, 1.82) is 0 Å². The lowest BCUT2D eigenvalue weighted by molar-refractivity contribution is 0.320. The fourth-order valence-electron chi connectivity index (χ4n) is 2.88. The van der Waals surface area contributed by atoms with Crippen LogP contribution in [0.25, 0.3) is 0 Å².